The van der Waals surface area contributed by atoms with Crippen molar-refractivity contribution in [3.8, 4) is 23.1 Å². The maximum Gasteiger partial charge on any atom is 0.276 e. The molecular formula is C20H25IN6O3. The van der Waals surface area contributed by atoms with Crippen LogP contribution in [0.4, 0.5) is 5.69 Å². The van der Waals surface area contributed by atoms with E-state index in [-0.39, 0.29) is 24.0 Å². The minimum atomic E-state index is 0. The van der Waals surface area contributed by atoms with E-state index in [1.54, 1.807) is 20.4 Å². The van der Waals surface area contributed by atoms with Gasteiger partial charge in [0.2, 0.25) is 0 Å². The maximum absolute atomic E-state index is 5.34. The average Bonchev–Trinajstić information content (AvgIpc) is 3.23. The largest absolute Gasteiger partial charge is 0.493 e. The van der Waals surface area contributed by atoms with Crippen molar-refractivity contribution in [3.63, 3.8) is 0 Å². The van der Waals surface area contributed by atoms with Crippen LogP contribution in [-0.2, 0) is 6.42 Å². The molecule has 0 fully saturated rings. The topological polar surface area (TPSA) is 107 Å². The number of pyridine rings is 1. The lowest BCUT2D eigenvalue weighted by Gasteiger charge is -2.13. The summed E-state index contributed by atoms with van der Waals surface area (Å²) >= 11 is 0. The standard InChI is InChI=1S/C20H24N6O3.HI/c1-4-21-20(24-14-8-9-16(27-2)17(13-14)28-3)23-12-10-18-25-19(29-26-18)15-7-5-6-11-22-15;/h5-9,11,13H,4,10,12H2,1-3H3,(H2,21,23,24);1H. The number of benzene rings is 1. The van der Waals surface area contributed by atoms with E-state index >= 15 is 0 Å². The number of nitrogens with one attached hydrogen (secondary N) is 2. The molecule has 0 unspecified atom stereocenters. The van der Waals surface area contributed by atoms with Crippen LogP contribution >= 0.6 is 24.0 Å². The molecule has 160 valence electrons. The van der Waals surface area contributed by atoms with E-state index in [1.807, 2.05) is 43.3 Å². The van der Waals surface area contributed by atoms with Crippen molar-refractivity contribution in [2.75, 3.05) is 32.6 Å². The van der Waals surface area contributed by atoms with Gasteiger partial charge in [-0.1, -0.05) is 11.2 Å². The Morgan fingerprint density at radius 2 is 1.97 bits per heavy atom. The molecule has 0 atom stereocenters. The number of rotatable bonds is 8. The Balaban J connectivity index is 0.00000320. The van der Waals surface area contributed by atoms with Crippen molar-refractivity contribution in [1.29, 1.82) is 0 Å². The number of hydrogen-bond donors (Lipinski definition) is 2. The summed E-state index contributed by atoms with van der Waals surface area (Å²) < 4.78 is 15.9. The number of anilines is 1. The highest BCUT2D eigenvalue weighted by atomic mass is 127. The van der Waals surface area contributed by atoms with Gasteiger partial charge in [-0.3, -0.25) is 9.98 Å². The number of guanidine groups is 1. The van der Waals surface area contributed by atoms with Crippen molar-refractivity contribution in [2.24, 2.45) is 4.99 Å². The number of nitrogens with zero attached hydrogens (tertiary/aromatic N) is 4. The Hall–Kier alpha value is -2.89. The van der Waals surface area contributed by atoms with Crippen molar-refractivity contribution in [3.05, 3.63) is 48.4 Å². The van der Waals surface area contributed by atoms with E-state index in [4.69, 9.17) is 14.0 Å². The maximum atomic E-state index is 5.34. The molecule has 0 saturated heterocycles. The van der Waals surface area contributed by atoms with Gasteiger partial charge in [-0.25, -0.2) is 0 Å². The van der Waals surface area contributed by atoms with Gasteiger partial charge in [0.1, 0.15) is 5.69 Å². The highest BCUT2D eigenvalue weighted by Gasteiger charge is 2.10. The molecule has 0 amide bonds. The molecule has 2 heterocycles. The molecule has 0 saturated carbocycles. The Morgan fingerprint density at radius 1 is 1.13 bits per heavy atom. The molecule has 0 aliphatic carbocycles. The summed E-state index contributed by atoms with van der Waals surface area (Å²) in [6, 6.07) is 11.1. The molecule has 10 heteroatoms. The normalized spacial score (nSPS) is 10.8. The summed E-state index contributed by atoms with van der Waals surface area (Å²) in [5.74, 6) is 2.94. The number of methoxy groups -OCH3 is 2. The SMILES string of the molecule is CCNC(=NCCc1noc(-c2ccccn2)n1)Nc1ccc(OC)c(OC)c1.I. The monoisotopic (exact) mass is 524 g/mol. The summed E-state index contributed by atoms with van der Waals surface area (Å²) in [4.78, 5) is 13.1. The number of halogens is 1. The first-order valence-corrected chi connectivity index (χ1v) is 9.24. The lowest BCUT2D eigenvalue weighted by atomic mass is 10.3. The van der Waals surface area contributed by atoms with E-state index in [9.17, 15) is 0 Å². The third-order valence-electron chi connectivity index (χ3n) is 3.95. The van der Waals surface area contributed by atoms with Crippen LogP contribution in [0.15, 0.2) is 52.1 Å². The molecule has 2 N–H and O–H groups in total. The fourth-order valence-electron chi connectivity index (χ4n) is 2.57. The number of ether oxygens (including phenoxy) is 2. The fraction of sp³-hybridized carbons (Fsp3) is 0.300. The van der Waals surface area contributed by atoms with Crippen molar-refractivity contribution >= 4 is 35.6 Å². The second kappa shape index (κ2) is 12.0. The fourth-order valence-corrected chi connectivity index (χ4v) is 2.57. The van der Waals surface area contributed by atoms with Gasteiger partial charge in [0, 0.05) is 37.5 Å². The van der Waals surface area contributed by atoms with Gasteiger partial charge in [-0.15, -0.1) is 24.0 Å². The molecule has 0 aliphatic rings. The van der Waals surface area contributed by atoms with Crippen LogP contribution < -0.4 is 20.1 Å². The first-order chi connectivity index (χ1) is 14.2. The molecule has 9 nitrogen and oxygen atoms in total. The minimum Gasteiger partial charge on any atom is -0.493 e. The second-order valence-electron chi connectivity index (χ2n) is 5.94. The van der Waals surface area contributed by atoms with Crippen molar-refractivity contribution in [1.82, 2.24) is 20.4 Å². The third kappa shape index (κ3) is 6.31. The number of aromatic nitrogens is 3. The second-order valence-corrected chi connectivity index (χ2v) is 5.94. The molecule has 0 bridgehead atoms. The smallest absolute Gasteiger partial charge is 0.276 e. The van der Waals surface area contributed by atoms with Crippen LogP contribution in [0, 0.1) is 0 Å². The lowest BCUT2D eigenvalue weighted by Crippen LogP contribution is -2.30. The summed E-state index contributed by atoms with van der Waals surface area (Å²) in [5.41, 5.74) is 1.48. The molecule has 0 radical (unpaired) electrons. The van der Waals surface area contributed by atoms with Crippen molar-refractivity contribution < 1.29 is 14.0 Å². The third-order valence-corrected chi connectivity index (χ3v) is 3.95. The summed E-state index contributed by atoms with van der Waals surface area (Å²) in [6.45, 7) is 3.22. The Kier molecular flexibility index (Phi) is 9.32. The van der Waals surface area contributed by atoms with Crippen LogP contribution in [0.1, 0.15) is 12.7 Å². The number of aliphatic imine (C=N–C) groups is 1. The molecule has 0 spiro atoms. The molecule has 2 aromatic heterocycles. The van der Waals surface area contributed by atoms with E-state index in [0.717, 1.165) is 12.2 Å². The molecule has 30 heavy (non-hydrogen) atoms. The Morgan fingerprint density at radius 3 is 2.67 bits per heavy atom. The zero-order chi connectivity index (χ0) is 20.5. The van der Waals surface area contributed by atoms with Crippen LogP contribution in [0.3, 0.4) is 0 Å². The van der Waals surface area contributed by atoms with Gasteiger partial charge >= 0.3 is 0 Å². The van der Waals surface area contributed by atoms with Gasteiger partial charge in [0.25, 0.3) is 5.89 Å². The quantitative estimate of drug-likeness (QED) is 0.263. The Labute approximate surface area is 192 Å². The first kappa shape index (κ1) is 23.4. The predicted octanol–water partition coefficient (Wildman–Crippen LogP) is 3.39. The summed E-state index contributed by atoms with van der Waals surface area (Å²) in [6.07, 6.45) is 2.23. The van der Waals surface area contributed by atoms with Gasteiger partial charge in [0.15, 0.2) is 23.3 Å². The highest BCUT2D eigenvalue weighted by Crippen LogP contribution is 2.29. The van der Waals surface area contributed by atoms with Crippen molar-refractivity contribution in [2.45, 2.75) is 13.3 Å². The summed E-state index contributed by atoms with van der Waals surface area (Å²) in [5, 5.41) is 10.5. The molecule has 0 aliphatic heterocycles. The van der Waals surface area contributed by atoms with Gasteiger partial charge in [-0.2, -0.15) is 4.98 Å². The van der Waals surface area contributed by atoms with Crippen LogP contribution in [0.5, 0.6) is 11.5 Å². The van der Waals surface area contributed by atoms with Crippen LogP contribution in [0.2, 0.25) is 0 Å². The zero-order valence-corrected chi connectivity index (χ0v) is 19.4. The zero-order valence-electron chi connectivity index (χ0n) is 17.1. The van der Waals surface area contributed by atoms with E-state index in [2.05, 4.69) is 30.8 Å². The van der Waals surface area contributed by atoms with E-state index in [0.29, 0.717) is 47.8 Å². The Bertz CT molecular complexity index is 949. The van der Waals surface area contributed by atoms with E-state index in [1.165, 1.54) is 0 Å². The van der Waals surface area contributed by atoms with Gasteiger partial charge in [-0.05, 0) is 31.2 Å². The lowest BCUT2D eigenvalue weighted by molar-refractivity contribution is 0.355. The molecular weight excluding hydrogens is 499 g/mol. The minimum absolute atomic E-state index is 0. The van der Waals surface area contributed by atoms with Crippen LogP contribution in [-0.4, -0.2) is 48.4 Å². The summed E-state index contributed by atoms with van der Waals surface area (Å²) in [7, 11) is 3.21. The van der Waals surface area contributed by atoms with Crippen LogP contribution in [0.25, 0.3) is 11.6 Å². The van der Waals surface area contributed by atoms with E-state index < -0.39 is 0 Å². The molecule has 3 aromatic rings. The molecule has 3 rings (SSSR count). The molecule has 1 aromatic carbocycles. The van der Waals surface area contributed by atoms with Gasteiger partial charge < -0.3 is 24.6 Å². The van der Waals surface area contributed by atoms with Gasteiger partial charge in [0.05, 0.1) is 14.2 Å². The number of hydrogen-bond acceptors (Lipinski definition) is 7. The first-order valence-electron chi connectivity index (χ1n) is 9.24. The predicted molar refractivity (Wildman–Crippen MR) is 126 cm³/mol. The highest BCUT2D eigenvalue weighted by molar-refractivity contribution is 14.0. The average molecular weight is 524 g/mol.